The van der Waals surface area contributed by atoms with Gasteiger partial charge in [-0.05, 0) is 76.6 Å². The quantitative estimate of drug-likeness (QED) is 0.205. The molecule has 0 saturated carbocycles. The van der Waals surface area contributed by atoms with Gasteiger partial charge in [-0.3, -0.25) is 0 Å². The van der Waals surface area contributed by atoms with E-state index in [0.29, 0.717) is 5.82 Å². The van der Waals surface area contributed by atoms with Crippen LogP contribution in [-0.2, 0) is 5.41 Å². The second kappa shape index (κ2) is 10.1. The molecule has 0 saturated heterocycles. The lowest BCUT2D eigenvalue weighted by molar-refractivity contribution is 0.436. The highest BCUT2D eigenvalue weighted by atomic mass is 16.5. The number of fused-ring (bicyclic) bond motifs is 9. The Bertz CT molecular complexity index is 2260. The molecule has 0 N–H and O–H groups in total. The van der Waals surface area contributed by atoms with Gasteiger partial charge >= 0.3 is 0 Å². The Morgan fingerprint density at radius 1 is 0.435 bits per heavy atom. The van der Waals surface area contributed by atoms with Crippen molar-refractivity contribution in [2.45, 2.75) is 19.3 Å². The molecule has 0 bridgehead atoms. The second-order valence-corrected chi connectivity index (χ2v) is 12.0. The number of hydrogen-bond donors (Lipinski definition) is 0. The van der Waals surface area contributed by atoms with Crippen LogP contribution in [0.2, 0.25) is 0 Å². The van der Waals surface area contributed by atoms with Gasteiger partial charge in [0.05, 0.1) is 5.41 Å². The zero-order chi connectivity index (χ0) is 30.8. The molecule has 4 heteroatoms. The number of rotatable bonds is 3. The number of aromatic nitrogens is 3. The SMILES string of the molecule is Cc1nc(C)nc(-c2cccc(-c3ccc(-c4cccc5c4-c4ccccc4C54c5ccccc5Oc5ccccc54)cc3)c2)n1. The predicted molar refractivity (Wildman–Crippen MR) is 183 cm³/mol. The molecule has 46 heavy (non-hydrogen) atoms. The van der Waals surface area contributed by atoms with Crippen LogP contribution in [-0.4, -0.2) is 15.0 Å². The molecule has 0 atom stereocenters. The molecule has 1 aliphatic heterocycles. The lowest BCUT2D eigenvalue weighted by atomic mass is 9.66. The highest BCUT2D eigenvalue weighted by Crippen LogP contribution is 2.63. The van der Waals surface area contributed by atoms with Gasteiger partial charge in [-0.25, -0.2) is 15.0 Å². The summed E-state index contributed by atoms with van der Waals surface area (Å²) < 4.78 is 6.50. The van der Waals surface area contributed by atoms with Gasteiger partial charge in [0.2, 0.25) is 0 Å². The zero-order valence-corrected chi connectivity index (χ0v) is 25.5. The monoisotopic (exact) mass is 591 g/mol. The average Bonchev–Trinajstić information content (AvgIpc) is 3.39. The molecule has 4 nitrogen and oxygen atoms in total. The normalized spacial score (nSPS) is 13.3. The summed E-state index contributed by atoms with van der Waals surface area (Å²) in [6.07, 6.45) is 0. The summed E-state index contributed by atoms with van der Waals surface area (Å²) in [5.41, 5.74) is 12.6. The van der Waals surface area contributed by atoms with Crippen LogP contribution in [0.3, 0.4) is 0 Å². The number of hydrogen-bond acceptors (Lipinski definition) is 4. The second-order valence-electron chi connectivity index (χ2n) is 12.0. The first-order valence-corrected chi connectivity index (χ1v) is 15.6. The van der Waals surface area contributed by atoms with Crippen molar-refractivity contribution < 1.29 is 4.74 Å². The summed E-state index contributed by atoms with van der Waals surface area (Å²) in [6.45, 7) is 3.81. The van der Waals surface area contributed by atoms with E-state index in [2.05, 4.69) is 154 Å². The Kier molecular flexibility index (Phi) is 5.81. The first-order valence-electron chi connectivity index (χ1n) is 15.6. The van der Waals surface area contributed by atoms with Crippen LogP contribution in [0.15, 0.2) is 140 Å². The minimum Gasteiger partial charge on any atom is -0.457 e. The van der Waals surface area contributed by atoms with Crippen molar-refractivity contribution in [2.24, 2.45) is 0 Å². The first kappa shape index (κ1) is 26.5. The van der Waals surface area contributed by atoms with Gasteiger partial charge in [0.15, 0.2) is 5.82 Å². The molecule has 1 aromatic heterocycles. The smallest absolute Gasteiger partial charge is 0.163 e. The van der Waals surface area contributed by atoms with Crippen molar-refractivity contribution in [3.05, 3.63) is 173 Å². The predicted octanol–water partition coefficient (Wildman–Crippen LogP) is 9.96. The van der Waals surface area contributed by atoms with Gasteiger partial charge in [0, 0.05) is 16.7 Å². The maximum atomic E-state index is 6.50. The van der Waals surface area contributed by atoms with Gasteiger partial charge in [-0.15, -0.1) is 0 Å². The van der Waals surface area contributed by atoms with Crippen LogP contribution in [0.1, 0.15) is 33.9 Å². The molecule has 9 rings (SSSR count). The van der Waals surface area contributed by atoms with E-state index in [4.69, 9.17) is 4.74 Å². The van der Waals surface area contributed by atoms with Crippen LogP contribution in [0.4, 0.5) is 0 Å². The van der Waals surface area contributed by atoms with Gasteiger partial charge in [-0.1, -0.05) is 121 Å². The Morgan fingerprint density at radius 3 is 1.70 bits per heavy atom. The van der Waals surface area contributed by atoms with Crippen molar-refractivity contribution in [2.75, 3.05) is 0 Å². The summed E-state index contributed by atoms with van der Waals surface area (Å²) >= 11 is 0. The van der Waals surface area contributed by atoms with Crippen molar-refractivity contribution in [3.63, 3.8) is 0 Å². The molecule has 7 aromatic rings. The largest absolute Gasteiger partial charge is 0.457 e. The molecule has 2 aliphatic rings. The Labute approximate surface area is 268 Å². The van der Waals surface area contributed by atoms with Gasteiger partial charge in [0.1, 0.15) is 23.1 Å². The summed E-state index contributed by atoms with van der Waals surface area (Å²) in [7, 11) is 0. The van der Waals surface area contributed by atoms with Crippen molar-refractivity contribution in [1.29, 1.82) is 0 Å². The van der Waals surface area contributed by atoms with Gasteiger partial charge in [-0.2, -0.15) is 0 Å². The third-order valence-corrected chi connectivity index (χ3v) is 9.38. The molecule has 1 spiro atoms. The highest BCUT2D eigenvalue weighted by molar-refractivity contribution is 5.96. The molecule has 0 amide bonds. The summed E-state index contributed by atoms with van der Waals surface area (Å²) in [6, 6.07) is 50.0. The van der Waals surface area contributed by atoms with E-state index in [9.17, 15) is 0 Å². The van der Waals surface area contributed by atoms with Gasteiger partial charge in [0.25, 0.3) is 0 Å². The number of ether oxygens (including phenoxy) is 1. The number of benzene rings is 6. The van der Waals surface area contributed by atoms with Crippen LogP contribution in [0.25, 0.3) is 44.8 Å². The number of aryl methyl sites for hydroxylation is 2. The topological polar surface area (TPSA) is 47.9 Å². The third-order valence-electron chi connectivity index (χ3n) is 9.38. The Morgan fingerprint density at radius 2 is 0.978 bits per heavy atom. The van der Waals surface area contributed by atoms with Gasteiger partial charge < -0.3 is 4.74 Å². The maximum Gasteiger partial charge on any atom is 0.163 e. The molecule has 0 radical (unpaired) electrons. The standard InChI is InChI=1S/C42H29N3O/c1-26-43-27(2)45-41(44-26)31-12-9-11-30(25-31)28-21-23-29(24-22-28)32-14-10-18-37-40(32)33-13-3-4-15-34(33)42(37)35-16-5-7-19-38(35)46-39-20-8-6-17-36(39)42/h3-25H,1-2H3. The van der Waals surface area contributed by atoms with Crippen molar-refractivity contribution >= 4 is 0 Å². The Hall–Kier alpha value is -5.87. The maximum absolute atomic E-state index is 6.50. The van der Waals surface area contributed by atoms with E-state index >= 15 is 0 Å². The van der Waals surface area contributed by atoms with Crippen LogP contribution < -0.4 is 4.74 Å². The molecule has 1 aliphatic carbocycles. The van der Waals surface area contributed by atoms with E-state index in [1.54, 1.807) is 0 Å². The minimum atomic E-state index is -0.473. The third kappa shape index (κ3) is 3.83. The fourth-order valence-corrected chi connectivity index (χ4v) is 7.57. The molecule has 0 unspecified atom stereocenters. The first-order chi connectivity index (χ1) is 22.6. The van der Waals surface area contributed by atoms with E-state index in [0.717, 1.165) is 39.8 Å². The molecule has 218 valence electrons. The highest BCUT2D eigenvalue weighted by Gasteiger charge is 2.51. The molecule has 6 aromatic carbocycles. The molecule has 0 fully saturated rings. The molecule has 2 heterocycles. The lowest BCUT2D eigenvalue weighted by Crippen LogP contribution is -2.32. The van der Waals surface area contributed by atoms with E-state index < -0.39 is 5.41 Å². The van der Waals surface area contributed by atoms with E-state index in [-0.39, 0.29) is 0 Å². The fourth-order valence-electron chi connectivity index (χ4n) is 7.57. The lowest BCUT2D eigenvalue weighted by Gasteiger charge is -2.39. The van der Waals surface area contributed by atoms with Crippen molar-refractivity contribution in [3.8, 4) is 56.3 Å². The molecular weight excluding hydrogens is 562 g/mol. The van der Waals surface area contributed by atoms with E-state index in [1.165, 1.54) is 44.5 Å². The van der Waals surface area contributed by atoms with E-state index in [1.807, 2.05) is 13.8 Å². The number of nitrogens with zero attached hydrogens (tertiary/aromatic N) is 3. The zero-order valence-electron chi connectivity index (χ0n) is 25.5. The summed E-state index contributed by atoms with van der Waals surface area (Å²) in [5, 5.41) is 0. The fraction of sp³-hybridized carbons (Fsp3) is 0.0714. The van der Waals surface area contributed by atoms with Crippen LogP contribution in [0, 0.1) is 13.8 Å². The minimum absolute atomic E-state index is 0.473. The summed E-state index contributed by atoms with van der Waals surface area (Å²) in [5.74, 6) is 3.96. The summed E-state index contributed by atoms with van der Waals surface area (Å²) in [4.78, 5) is 13.5. The number of para-hydroxylation sites is 2. The van der Waals surface area contributed by atoms with Crippen LogP contribution in [0.5, 0.6) is 11.5 Å². The Balaban J connectivity index is 1.20. The van der Waals surface area contributed by atoms with Crippen LogP contribution >= 0.6 is 0 Å². The van der Waals surface area contributed by atoms with Crippen molar-refractivity contribution in [1.82, 2.24) is 15.0 Å². The molecular formula is C42H29N3O. The average molecular weight is 592 g/mol.